The number of H-pyrrole nitrogens is 1. The molecule has 0 aliphatic carbocycles. The van der Waals surface area contributed by atoms with Gasteiger partial charge in [0.25, 0.3) is 0 Å². The lowest BCUT2D eigenvalue weighted by Crippen LogP contribution is -2.37. The first kappa shape index (κ1) is 15.6. The summed E-state index contributed by atoms with van der Waals surface area (Å²) < 4.78 is 5.68. The van der Waals surface area contributed by atoms with Gasteiger partial charge in [-0.1, -0.05) is 18.2 Å². The number of rotatable bonds is 5. The third-order valence-electron chi connectivity index (χ3n) is 4.43. The lowest BCUT2D eigenvalue weighted by molar-refractivity contribution is -0.126. The molecule has 3 rings (SSSR count). The minimum atomic E-state index is -0.0951. The first-order chi connectivity index (χ1) is 11.1. The molecule has 5 nitrogen and oxygen atoms in total. The molecule has 2 heterocycles. The number of aromatic amines is 1. The van der Waals surface area contributed by atoms with Crippen LogP contribution < -0.4 is 10.1 Å². The summed E-state index contributed by atoms with van der Waals surface area (Å²) in [5, 5.41) is 10.2. The molecular formula is C18H23N3O2. The van der Waals surface area contributed by atoms with Crippen molar-refractivity contribution >= 4 is 5.91 Å². The zero-order chi connectivity index (χ0) is 16.2. The van der Waals surface area contributed by atoms with Gasteiger partial charge < -0.3 is 10.1 Å². The predicted molar refractivity (Wildman–Crippen MR) is 88.5 cm³/mol. The molecule has 1 aliphatic heterocycles. The Morgan fingerprint density at radius 2 is 2.22 bits per heavy atom. The standard InChI is InChI=1S/C18H23N3O2/c1-12-16(13(2)21-20-12)7-5-9-19-18(22)15-10-14-6-3-4-8-17(14)23-11-15/h3-4,6,8,15H,5,7,9-11H2,1-2H3,(H,19,22)(H,20,21)/t15-/m0/s1. The van der Waals surface area contributed by atoms with E-state index in [1.807, 2.05) is 38.1 Å². The quantitative estimate of drug-likeness (QED) is 0.833. The minimum absolute atomic E-state index is 0.0835. The number of hydrogen-bond donors (Lipinski definition) is 2. The lowest BCUT2D eigenvalue weighted by Gasteiger charge is -2.24. The number of carbonyl (C=O) groups is 1. The molecule has 0 spiro atoms. The Labute approximate surface area is 136 Å². The minimum Gasteiger partial charge on any atom is -0.492 e. The van der Waals surface area contributed by atoms with Gasteiger partial charge >= 0.3 is 0 Å². The van der Waals surface area contributed by atoms with Crippen molar-refractivity contribution in [1.29, 1.82) is 0 Å². The largest absolute Gasteiger partial charge is 0.492 e. The summed E-state index contributed by atoms with van der Waals surface area (Å²) in [6.45, 7) is 5.18. The molecule has 1 aliphatic rings. The van der Waals surface area contributed by atoms with Crippen molar-refractivity contribution in [2.45, 2.75) is 33.1 Å². The van der Waals surface area contributed by atoms with Crippen LogP contribution in [-0.4, -0.2) is 29.3 Å². The van der Waals surface area contributed by atoms with Gasteiger partial charge in [-0.3, -0.25) is 9.89 Å². The fourth-order valence-corrected chi connectivity index (χ4v) is 3.06. The van der Waals surface area contributed by atoms with Crippen LogP contribution in [0.15, 0.2) is 24.3 Å². The topological polar surface area (TPSA) is 67.0 Å². The van der Waals surface area contributed by atoms with Gasteiger partial charge in [-0.15, -0.1) is 0 Å². The molecular weight excluding hydrogens is 290 g/mol. The first-order valence-electron chi connectivity index (χ1n) is 8.14. The maximum atomic E-state index is 12.3. The van der Waals surface area contributed by atoms with E-state index in [9.17, 15) is 4.79 Å². The van der Waals surface area contributed by atoms with E-state index in [2.05, 4.69) is 15.5 Å². The molecule has 2 aromatic rings. The van der Waals surface area contributed by atoms with Crippen LogP contribution in [0.3, 0.4) is 0 Å². The summed E-state index contributed by atoms with van der Waals surface area (Å²) in [5.74, 6) is 0.893. The van der Waals surface area contributed by atoms with Gasteiger partial charge in [0.2, 0.25) is 5.91 Å². The molecule has 122 valence electrons. The van der Waals surface area contributed by atoms with Crippen molar-refractivity contribution in [1.82, 2.24) is 15.5 Å². The van der Waals surface area contributed by atoms with Crippen LogP contribution in [0.4, 0.5) is 0 Å². The number of nitrogens with one attached hydrogen (secondary N) is 2. The second-order valence-corrected chi connectivity index (χ2v) is 6.13. The highest BCUT2D eigenvalue weighted by molar-refractivity contribution is 5.79. The van der Waals surface area contributed by atoms with Gasteiger partial charge in [-0.2, -0.15) is 5.10 Å². The molecule has 0 fully saturated rings. The molecule has 1 amide bonds. The van der Waals surface area contributed by atoms with E-state index in [1.165, 1.54) is 5.56 Å². The summed E-state index contributed by atoms with van der Waals surface area (Å²) in [6.07, 6.45) is 2.59. The van der Waals surface area contributed by atoms with E-state index in [1.54, 1.807) is 0 Å². The Morgan fingerprint density at radius 3 is 3.00 bits per heavy atom. The van der Waals surface area contributed by atoms with Gasteiger partial charge in [0.15, 0.2) is 0 Å². The molecule has 23 heavy (non-hydrogen) atoms. The van der Waals surface area contributed by atoms with Crippen molar-refractivity contribution in [3.63, 3.8) is 0 Å². The molecule has 0 radical (unpaired) electrons. The van der Waals surface area contributed by atoms with E-state index in [-0.39, 0.29) is 11.8 Å². The van der Waals surface area contributed by atoms with Gasteiger partial charge in [0.1, 0.15) is 12.4 Å². The maximum absolute atomic E-state index is 12.3. The van der Waals surface area contributed by atoms with E-state index in [0.717, 1.165) is 42.0 Å². The summed E-state index contributed by atoms with van der Waals surface area (Å²) in [7, 11) is 0. The summed E-state index contributed by atoms with van der Waals surface area (Å²) in [5.41, 5.74) is 4.54. The smallest absolute Gasteiger partial charge is 0.226 e. The third kappa shape index (κ3) is 3.55. The number of ether oxygens (including phenoxy) is 1. The van der Waals surface area contributed by atoms with Crippen molar-refractivity contribution in [3.05, 3.63) is 46.8 Å². The van der Waals surface area contributed by atoms with Crippen LogP contribution in [0.25, 0.3) is 0 Å². The van der Waals surface area contributed by atoms with Crippen molar-refractivity contribution in [2.24, 2.45) is 5.92 Å². The maximum Gasteiger partial charge on any atom is 0.226 e. The molecule has 1 atom stereocenters. The zero-order valence-corrected chi connectivity index (χ0v) is 13.7. The number of benzene rings is 1. The van der Waals surface area contributed by atoms with Crippen LogP contribution in [-0.2, 0) is 17.6 Å². The molecule has 2 N–H and O–H groups in total. The number of hydrogen-bond acceptors (Lipinski definition) is 3. The SMILES string of the molecule is Cc1n[nH]c(C)c1CCCNC(=O)[C@@H]1COc2ccccc2C1. The Balaban J connectivity index is 1.45. The van der Waals surface area contributed by atoms with Crippen molar-refractivity contribution < 1.29 is 9.53 Å². The third-order valence-corrected chi connectivity index (χ3v) is 4.43. The number of aryl methyl sites for hydroxylation is 2. The van der Waals surface area contributed by atoms with Gasteiger partial charge in [0.05, 0.1) is 11.6 Å². The van der Waals surface area contributed by atoms with Crippen LogP contribution in [0.1, 0.15) is 28.9 Å². The molecule has 0 saturated carbocycles. The number of aromatic nitrogens is 2. The van der Waals surface area contributed by atoms with Crippen LogP contribution in [0, 0.1) is 19.8 Å². The second-order valence-electron chi connectivity index (χ2n) is 6.13. The average Bonchev–Trinajstić information content (AvgIpc) is 2.89. The molecule has 1 aromatic heterocycles. The summed E-state index contributed by atoms with van der Waals surface area (Å²) >= 11 is 0. The Hall–Kier alpha value is -2.30. The zero-order valence-electron chi connectivity index (χ0n) is 13.7. The lowest BCUT2D eigenvalue weighted by atomic mass is 9.96. The average molecular weight is 313 g/mol. The predicted octanol–water partition coefficient (Wildman–Crippen LogP) is 2.33. The van der Waals surface area contributed by atoms with Crippen LogP contribution in [0.2, 0.25) is 0 Å². The molecule has 5 heteroatoms. The highest BCUT2D eigenvalue weighted by Crippen LogP contribution is 2.26. The van der Waals surface area contributed by atoms with Crippen LogP contribution >= 0.6 is 0 Å². The normalized spacial score (nSPS) is 16.5. The molecule has 0 bridgehead atoms. The van der Waals surface area contributed by atoms with E-state index in [4.69, 9.17) is 4.74 Å². The Kier molecular flexibility index (Phi) is 4.65. The summed E-state index contributed by atoms with van der Waals surface area (Å²) in [6, 6.07) is 7.93. The first-order valence-corrected chi connectivity index (χ1v) is 8.14. The van der Waals surface area contributed by atoms with E-state index >= 15 is 0 Å². The van der Waals surface area contributed by atoms with E-state index in [0.29, 0.717) is 13.2 Å². The Morgan fingerprint density at radius 1 is 1.39 bits per heavy atom. The number of para-hydroxylation sites is 1. The molecule has 0 unspecified atom stereocenters. The fraction of sp³-hybridized carbons (Fsp3) is 0.444. The summed E-state index contributed by atoms with van der Waals surface area (Å²) in [4.78, 5) is 12.3. The number of nitrogens with zero attached hydrogens (tertiary/aromatic N) is 1. The van der Waals surface area contributed by atoms with Crippen molar-refractivity contribution in [3.8, 4) is 5.75 Å². The van der Waals surface area contributed by atoms with Crippen molar-refractivity contribution in [2.75, 3.05) is 13.2 Å². The number of fused-ring (bicyclic) bond motifs is 1. The highest BCUT2D eigenvalue weighted by atomic mass is 16.5. The number of carbonyl (C=O) groups excluding carboxylic acids is 1. The van der Waals surface area contributed by atoms with Crippen LogP contribution in [0.5, 0.6) is 5.75 Å². The van der Waals surface area contributed by atoms with Gasteiger partial charge in [-0.25, -0.2) is 0 Å². The molecule has 1 aromatic carbocycles. The molecule has 0 saturated heterocycles. The van der Waals surface area contributed by atoms with Gasteiger partial charge in [-0.05, 0) is 50.3 Å². The highest BCUT2D eigenvalue weighted by Gasteiger charge is 2.25. The number of amides is 1. The van der Waals surface area contributed by atoms with Gasteiger partial charge in [0, 0.05) is 12.2 Å². The van der Waals surface area contributed by atoms with E-state index < -0.39 is 0 Å². The second kappa shape index (κ2) is 6.86. The fourth-order valence-electron chi connectivity index (χ4n) is 3.06. The monoisotopic (exact) mass is 313 g/mol. The Bertz CT molecular complexity index is 674.